The molecule has 3 rings (SSSR count). The first kappa shape index (κ1) is 21.5. The average molecular weight is 458 g/mol. The number of benzene rings is 2. The number of carbonyl (C=O) groups excluding carboxylic acids is 2. The minimum Gasteiger partial charge on any atom is -0.352 e. The molecule has 0 bridgehead atoms. The lowest BCUT2D eigenvalue weighted by Crippen LogP contribution is -2.40. The fourth-order valence-electron chi connectivity index (χ4n) is 3.67. The molecule has 2 aromatic carbocycles. The summed E-state index contributed by atoms with van der Waals surface area (Å²) in [6, 6.07) is 15.5. The van der Waals surface area contributed by atoms with Crippen LogP contribution in [0.25, 0.3) is 0 Å². The van der Waals surface area contributed by atoms with E-state index in [1.807, 2.05) is 31.2 Å². The highest BCUT2D eigenvalue weighted by atomic mass is 79.9. The van der Waals surface area contributed by atoms with Crippen LogP contribution in [-0.4, -0.2) is 36.3 Å². The van der Waals surface area contributed by atoms with Gasteiger partial charge in [-0.3, -0.25) is 14.5 Å². The number of hydrogen-bond donors (Lipinski definition) is 2. The van der Waals surface area contributed by atoms with E-state index in [4.69, 9.17) is 0 Å². The number of para-hydroxylation sites is 1. The number of anilines is 1. The van der Waals surface area contributed by atoms with Gasteiger partial charge in [-0.2, -0.15) is 0 Å². The molecule has 6 heteroatoms. The van der Waals surface area contributed by atoms with Crippen molar-refractivity contribution in [2.24, 2.45) is 5.92 Å². The Balaban J connectivity index is 1.63. The monoisotopic (exact) mass is 457 g/mol. The smallest absolute Gasteiger partial charge is 0.253 e. The van der Waals surface area contributed by atoms with E-state index in [-0.39, 0.29) is 17.7 Å². The van der Waals surface area contributed by atoms with Gasteiger partial charge in [0, 0.05) is 24.1 Å². The van der Waals surface area contributed by atoms with Gasteiger partial charge in [-0.1, -0.05) is 47.1 Å². The molecule has 2 N–H and O–H groups in total. The average Bonchev–Trinajstić information content (AvgIpc) is 2.72. The Morgan fingerprint density at radius 3 is 2.79 bits per heavy atom. The lowest BCUT2D eigenvalue weighted by atomic mass is 9.96. The molecule has 154 valence electrons. The molecule has 0 saturated carbocycles. The number of halogens is 1. The van der Waals surface area contributed by atoms with Crippen molar-refractivity contribution in [3.05, 3.63) is 64.1 Å². The maximum Gasteiger partial charge on any atom is 0.253 e. The molecule has 29 heavy (non-hydrogen) atoms. The van der Waals surface area contributed by atoms with Crippen LogP contribution in [0.5, 0.6) is 0 Å². The fourth-order valence-corrected chi connectivity index (χ4v) is 4.11. The first-order valence-corrected chi connectivity index (χ1v) is 11.0. The molecule has 2 aromatic rings. The number of amides is 2. The van der Waals surface area contributed by atoms with Crippen LogP contribution >= 0.6 is 15.9 Å². The highest BCUT2D eigenvalue weighted by Crippen LogP contribution is 2.23. The minimum absolute atomic E-state index is 0.0142. The zero-order valence-electron chi connectivity index (χ0n) is 16.8. The summed E-state index contributed by atoms with van der Waals surface area (Å²) in [5.41, 5.74) is 2.32. The molecule has 1 atom stereocenters. The Kier molecular flexibility index (Phi) is 7.83. The quantitative estimate of drug-likeness (QED) is 0.645. The highest BCUT2D eigenvalue weighted by Gasteiger charge is 2.26. The van der Waals surface area contributed by atoms with E-state index >= 15 is 0 Å². The molecule has 1 unspecified atom stereocenters. The zero-order chi connectivity index (χ0) is 20.6. The van der Waals surface area contributed by atoms with Crippen LogP contribution in [0.1, 0.15) is 42.1 Å². The second kappa shape index (κ2) is 10.6. The predicted octanol–water partition coefficient (Wildman–Crippen LogP) is 4.44. The summed E-state index contributed by atoms with van der Waals surface area (Å²) < 4.78 is 1.07. The minimum atomic E-state index is -0.150. The number of likely N-dealkylation sites (tertiary alicyclic amines) is 1. The van der Waals surface area contributed by atoms with Crippen molar-refractivity contribution in [3.8, 4) is 0 Å². The van der Waals surface area contributed by atoms with E-state index in [2.05, 4.69) is 43.6 Å². The summed E-state index contributed by atoms with van der Waals surface area (Å²) in [6.07, 6.45) is 2.73. The summed E-state index contributed by atoms with van der Waals surface area (Å²) in [7, 11) is 0. The van der Waals surface area contributed by atoms with Crippen LogP contribution in [0.2, 0.25) is 0 Å². The van der Waals surface area contributed by atoms with Gasteiger partial charge in [-0.05, 0) is 55.6 Å². The second-order valence-corrected chi connectivity index (χ2v) is 8.41. The molecule has 5 nitrogen and oxygen atoms in total. The van der Waals surface area contributed by atoms with E-state index in [0.29, 0.717) is 17.8 Å². The van der Waals surface area contributed by atoms with Gasteiger partial charge in [-0.15, -0.1) is 0 Å². The number of nitrogens with zero attached hydrogens (tertiary/aromatic N) is 1. The van der Waals surface area contributed by atoms with Crippen LogP contribution < -0.4 is 10.6 Å². The largest absolute Gasteiger partial charge is 0.352 e. The van der Waals surface area contributed by atoms with Crippen molar-refractivity contribution in [2.75, 3.05) is 25.0 Å². The number of hydrogen-bond acceptors (Lipinski definition) is 3. The van der Waals surface area contributed by atoms with Crippen molar-refractivity contribution >= 4 is 33.4 Å². The molecule has 0 aromatic heterocycles. The molecule has 2 amide bonds. The van der Waals surface area contributed by atoms with Gasteiger partial charge in [0.05, 0.1) is 17.2 Å². The summed E-state index contributed by atoms with van der Waals surface area (Å²) in [4.78, 5) is 27.7. The van der Waals surface area contributed by atoms with E-state index in [9.17, 15) is 9.59 Å². The lowest BCUT2D eigenvalue weighted by molar-refractivity contribution is -0.121. The lowest BCUT2D eigenvalue weighted by Gasteiger charge is -2.32. The van der Waals surface area contributed by atoms with Crippen LogP contribution in [-0.2, 0) is 11.3 Å². The SMILES string of the molecule is CCCNC(=O)c1ccccc1NC(=O)C1CCCN(Cc2cccc(Br)c2)C1. The fraction of sp³-hybridized carbons (Fsp3) is 0.391. The van der Waals surface area contributed by atoms with Crippen molar-refractivity contribution in [3.63, 3.8) is 0 Å². The van der Waals surface area contributed by atoms with Gasteiger partial charge < -0.3 is 10.6 Å². The van der Waals surface area contributed by atoms with Gasteiger partial charge >= 0.3 is 0 Å². The topological polar surface area (TPSA) is 61.4 Å². The van der Waals surface area contributed by atoms with Crippen LogP contribution in [0.4, 0.5) is 5.69 Å². The third-order valence-corrected chi connectivity index (χ3v) is 5.63. The second-order valence-electron chi connectivity index (χ2n) is 7.49. The van der Waals surface area contributed by atoms with Crippen molar-refractivity contribution in [1.82, 2.24) is 10.2 Å². The normalized spacial score (nSPS) is 17.0. The Morgan fingerprint density at radius 1 is 1.17 bits per heavy atom. The van der Waals surface area contributed by atoms with Gasteiger partial charge in [0.25, 0.3) is 5.91 Å². The predicted molar refractivity (Wildman–Crippen MR) is 120 cm³/mol. The van der Waals surface area contributed by atoms with Gasteiger partial charge in [0.15, 0.2) is 0 Å². The number of nitrogens with one attached hydrogen (secondary N) is 2. The van der Waals surface area contributed by atoms with E-state index < -0.39 is 0 Å². The first-order chi connectivity index (χ1) is 14.1. The molecular formula is C23H28BrN3O2. The Labute approximate surface area is 181 Å². The summed E-state index contributed by atoms with van der Waals surface area (Å²) in [5.74, 6) is -0.245. The van der Waals surface area contributed by atoms with Crippen LogP contribution in [0, 0.1) is 5.92 Å². The van der Waals surface area contributed by atoms with Crippen LogP contribution in [0.3, 0.4) is 0 Å². The maximum atomic E-state index is 12.9. The van der Waals surface area contributed by atoms with Gasteiger partial charge in [-0.25, -0.2) is 0 Å². The molecular weight excluding hydrogens is 430 g/mol. The van der Waals surface area contributed by atoms with E-state index in [1.54, 1.807) is 12.1 Å². The van der Waals surface area contributed by atoms with Crippen molar-refractivity contribution in [1.29, 1.82) is 0 Å². The first-order valence-electron chi connectivity index (χ1n) is 10.2. The molecule has 1 aliphatic rings. The highest BCUT2D eigenvalue weighted by molar-refractivity contribution is 9.10. The zero-order valence-corrected chi connectivity index (χ0v) is 18.4. The maximum absolute atomic E-state index is 12.9. The number of piperidine rings is 1. The molecule has 0 radical (unpaired) electrons. The Bertz CT molecular complexity index is 856. The van der Waals surface area contributed by atoms with Crippen LogP contribution in [0.15, 0.2) is 53.0 Å². The summed E-state index contributed by atoms with van der Waals surface area (Å²) >= 11 is 3.52. The molecule has 1 heterocycles. The summed E-state index contributed by atoms with van der Waals surface area (Å²) in [5, 5.41) is 5.88. The number of rotatable bonds is 7. The molecule has 1 fully saturated rings. The van der Waals surface area contributed by atoms with Gasteiger partial charge in [0.1, 0.15) is 0 Å². The van der Waals surface area contributed by atoms with E-state index in [0.717, 1.165) is 43.4 Å². The molecule has 0 aliphatic carbocycles. The van der Waals surface area contributed by atoms with Crippen molar-refractivity contribution in [2.45, 2.75) is 32.7 Å². The van der Waals surface area contributed by atoms with Crippen molar-refractivity contribution < 1.29 is 9.59 Å². The summed E-state index contributed by atoms with van der Waals surface area (Å²) in [6.45, 7) is 5.18. The number of carbonyl (C=O) groups is 2. The van der Waals surface area contributed by atoms with Gasteiger partial charge in [0.2, 0.25) is 5.91 Å². The standard InChI is InChI=1S/C23H28BrN3O2/c1-2-12-25-23(29)20-10-3-4-11-21(20)26-22(28)18-8-6-13-27(16-18)15-17-7-5-9-19(24)14-17/h3-5,7,9-11,14,18H,2,6,8,12-13,15-16H2,1H3,(H,25,29)(H,26,28). The van der Waals surface area contributed by atoms with E-state index in [1.165, 1.54) is 5.56 Å². The third kappa shape index (κ3) is 6.15. The molecule has 1 aliphatic heterocycles. The molecule has 0 spiro atoms. The molecule has 1 saturated heterocycles. The third-order valence-electron chi connectivity index (χ3n) is 5.14. The Morgan fingerprint density at radius 2 is 2.00 bits per heavy atom. The Hall–Kier alpha value is -2.18.